The highest BCUT2D eigenvalue weighted by atomic mass is 32.2. The summed E-state index contributed by atoms with van der Waals surface area (Å²) in [6.45, 7) is 5.18. The van der Waals surface area contributed by atoms with Gasteiger partial charge in [0.2, 0.25) is 0 Å². The van der Waals surface area contributed by atoms with Crippen molar-refractivity contribution in [2.75, 3.05) is 25.1 Å². The van der Waals surface area contributed by atoms with Crippen molar-refractivity contribution in [2.45, 2.75) is 31.8 Å². The molecular weight excluding hydrogens is 168 g/mol. The van der Waals surface area contributed by atoms with E-state index in [1.54, 1.807) is 0 Å². The van der Waals surface area contributed by atoms with E-state index in [4.69, 9.17) is 5.73 Å². The molecule has 0 aromatic rings. The monoisotopic (exact) mass is 188 g/mol. The van der Waals surface area contributed by atoms with Gasteiger partial charge in [-0.2, -0.15) is 11.8 Å². The van der Waals surface area contributed by atoms with Gasteiger partial charge in [-0.3, -0.25) is 4.90 Å². The van der Waals surface area contributed by atoms with Gasteiger partial charge in [0.05, 0.1) is 0 Å². The second-order valence-electron chi connectivity index (χ2n) is 4.14. The number of thioether (sulfide) groups is 1. The molecule has 72 valence electrons. The summed E-state index contributed by atoms with van der Waals surface area (Å²) in [7, 11) is 2.20. The standard InChI is InChI=1S/C9H20N2S/c1-9(2,7-10)11(3)8-4-5-12-6-8/h8H,4-7,10H2,1-3H3. The molecule has 1 fully saturated rings. The van der Waals surface area contributed by atoms with Crippen LogP contribution in [0.15, 0.2) is 0 Å². The second-order valence-corrected chi connectivity index (χ2v) is 5.29. The van der Waals surface area contributed by atoms with Gasteiger partial charge in [0.25, 0.3) is 0 Å². The Balaban J connectivity index is 2.50. The van der Waals surface area contributed by atoms with Crippen LogP contribution in [0.1, 0.15) is 20.3 Å². The van der Waals surface area contributed by atoms with Gasteiger partial charge in [-0.05, 0) is 33.1 Å². The predicted molar refractivity (Wildman–Crippen MR) is 56.6 cm³/mol. The lowest BCUT2D eigenvalue weighted by atomic mass is 10.0. The molecule has 0 bridgehead atoms. The van der Waals surface area contributed by atoms with Crippen molar-refractivity contribution in [1.29, 1.82) is 0 Å². The van der Waals surface area contributed by atoms with E-state index in [-0.39, 0.29) is 5.54 Å². The van der Waals surface area contributed by atoms with Crippen LogP contribution in [0, 0.1) is 0 Å². The Morgan fingerprint density at radius 2 is 2.25 bits per heavy atom. The van der Waals surface area contributed by atoms with Crippen LogP contribution in [0.5, 0.6) is 0 Å². The van der Waals surface area contributed by atoms with Gasteiger partial charge in [-0.15, -0.1) is 0 Å². The van der Waals surface area contributed by atoms with Gasteiger partial charge in [0.15, 0.2) is 0 Å². The predicted octanol–water partition coefficient (Wildman–Crippen LogP) is 1.16. The molecule has 1 aliphatic rings. The Bertz CT molecular complexity index is 141. The minimum atomic E-state index is 0.162. The van der Waals surface area contributed by atoms with Crippen molar-refractivity contribution in [3.8, 4) is 0 Å². The number of nitrogens with two attached hydrogens (primary N) is 1. The molecule has 1 heterocycles. The van der Waals surface area contributed by atoms with E-state index in [0.717, 1.165) is 12.6 Å². The molecule has 0 spiro atoms. The molecule has 0 aromatic heterocycles. The third-order valence-corrected chi connectivity index (χ3v) is 4.05. The molecule has 1 rings (SSSR count). The number of hydrogen-bond donors (Lipinski definition) is 1. The summed E-state index contributed by atoms with van der Waals surface area (Å²) in [5.74, 6) is 2.59. The molecule has 1 atom stereocenters. The van der Waals surface area contributed by atoms with Crippen LogP contribution in [0.2, 0.25) is 0 Å². The first-order valence-electron chi connectivity index (χ1n) is 4.58. The summed E-state index contributed by atoms with van der Waals surface area (Å²) < 4.78 is 0. The van der Waals surface area contributed by atoms with E-state index in [1.165, 1.54) is 17.9 Å². The van der Waals surface area contributed by atoms with Gasteiger partial charge in [0, 0.05) is 23.9 Å². The van der Waals surface area contributed by atoms with E-state index in [1.807, 2.05) is 0 Å². The molecule has 3 heteroatoms. The third-order valence-electron chi connectivity index (χ3n) is 2.91. The van der Waals surface area contributed by atoms with E-state index >= 15 is 0 Å². The van der Waals surface area contributed by atoms with E-state index in [9.17, 15) is 0 Å². The minimum Gasteiger partial charge on any atom is -0.329 e. The fourth-order valence-electron chi connectivity index (χ4n) is 1.47. The van der Waals surface area contributed by atoms with Gasteiger partial charge >= 0.3 is 0 Å². The maximum Gasteiger partial charge on any atom is 0.0275 e. The largest absolute Gasteiger partial charge is 0.329 e. The topological polar surface area (TPSA) is 29.3 Å². The Morgan fingerprint density at radius 1 is 1.58 bits per heavy atom. The fraction of sp³-hybridized carbons (Fsp3) is 1.00. The molecule has 12 heavy (non-hydrogen) atoms. The highest BCUT2D eigenvalue weighted by molar-refractivity contribution is 7.99. The normalized spacial score (nSPS) is 25.2. The summed E-state index contributed by atoms with van der Waals surface area (Å²) in [6.07, 6.45) is 1.32. The molecular formula is C9H20N2S. The smallest absolute Gasteiger partial charge is 0.0275 e. The fourth-order valence-corrected chi connectivity index (χ4v) is 2.73. The SMILES string of the molecule is CN(C1CCSC1)C(C)(C)CN. The number of nitrogens with zero attached hydrogens (tertiary/aromatic N) is 1. The number of likely N-dealkylation sites (N-methyl/N-ethyl adjacent to an activating group) is 1. The van der Waals surface area contributed by atoms with Gasteiger partial charge in [0.1, 0.15) is 0 Å². The van der Waals surface area contributed by atoms with Crippen LogP contribution in [-0.2, 0) is 0 Å². The summed E-state index contributed by atoms with van der Waals surface area (Å²) in [5.41, 5.74) is 5.89. The molecule has 1 saturated heterocycles. The lowest BCUT2D eigenvalue weighted by Crippen LogP contribution is -2.51. The molecule has 1 aliphatic heterocycles. The van der Waals surface area contributed by atoms with Crippen LogP contribution >= 0.6 is 11.8 Å². The number of rotatable bonds is 3. The Morgan fingerprint density at radius 3 is 2.67 bits per heavy atom. The molecule has 2 N–H and O–H groups in total. The molecule has 1 unspecified atom stereocenters. The Labute approximate surface area is 79.9 Å². The highest BCUT2D eigenvalue weighted by Gasteiger charge is 2.29. The van der Waals surface area contributed by atoms with Gasteiger partial charge in [-0.25, -0.2) is 0 Å². The van der Waals surface area contributed by atoms with Crippen molar-refractivity contribution in [3.05, 3.63) is 0 Å². The van der Waals surface area contributed by atoms with E-state index in [2.05, 4.69) is 37.6 Å². The zero-order valence-electron chi connectivity index (χ0n) is 8.34. The van der Waals surface area contributed by atoms with Crippen molar-refractivity contribution in [2.24, 2.45) is 5.73 Å². The maximum absolute atomic E-state index is 5.73. The van der Waals surface area contributed by atoms with Gasteiger partial charge < -0.3 is 5.73 Å². The Hall–Kier alpha value is 0.270. The molecule has 0 radical (unpaired) electrons. The summed E-state index contributed by atoms with van der Waals surface area (Å²) in [5, 5.41) is 0. The average Bonchev–Trinajstić information content (AvgIpc) is 2.55. The van der Waals surface area contributed by atoms with E-state index in [0.29, 0.717) is 0 Å². The van der Waals surface area contributed by atoms with Crippen LogP contribution in [-0.4, -0.2) is 41.6 Å². The van der Waals surface area contributed by atoms with Crippen LogP contribution < -0.4 is 5.73 Å². The first kappa shape index (κ1) is 10.4. The zero-order valence-corrected chi connectivity index (χ0v) is 9.16. The van der Waals surface area contributed by atoms with Crippen LogP contribution in [0.4, 0.5) is 0 Å². The Kier molecular flexibility index (Phi) is 3.44. The lowest BCUT2D eigenvalue weighted by Gasteiger charge is -2.38. The van der Waals surface area contributed by atoms with Crippen molar-refractivity contribution in [3.63, 3.8) is 0 Å². The number of hydrogen-bond acceptors (Lipinski definition) is 3. The van der Waals surface area contributed by atoms with Crippen LogP contribution in [0.25, 0.3) is 0 Å². The zero-order chi connectivity index (χ0) is 9.19. The molecule has 0 aliphatic carbocycles. The molecule has 0 amide bonds. The lowest BCUT2D eigenvalue weighted by molar-refractivity contribution is 0.120. The molecule has 0 aromatic carbocycles. The van der Waals surface area contributed by atoms with Crippen LogP contribution in [0.3, 0.4) is 0 Å². The first-order chi connectivity index (χ1) is 5.58. The summed E-state index contributed by atoms with van der Waals surface area (Å²) in [6, 6.07) is 0.744. The van der Waals surface area contributed by atoms with E-state index < -0.39 is 0 Å². The summed E-state index contributed by atoms with van der Waals surface area (Å²) >= 11 is 2.05. The molecule has 0 saturated carbocycles. The van der Waals surface area contributed by atoms with Gasteiger partial charge in [-0.1, -0.05) is 0 Å². The van der Waals surface area contributed by atoms with Crippen molar-refractivity contribution >= 4 is 11.8 Å². The van der Waals surface area contributed by atoms with Crippen molar-refractivity contribution < 1.29 is 0 Å². The van der Waals surface area contributed by atoms with Crippen molar-refractivity contribution in [1.82, 2.24) is 4.90 Å². The average molecular weight is 188 g/mol. The second kappa shape index (κ2) is 3.99. The quantitative estimate of drug-likeness (QED) is 0.721. The third kappa shape index (κ3) is 2.15. The molecule has 2 nitrogen and oxygen atoms in total. The highest BCUT2D eigenvalue weighted by Crippen LogP contribution is 2.25. The summed E-state index contributed by atoms with van der Waals surface area (Å²) in [4.78, 5) is 2.44. The minimum absolute atomic E-state index is 0.162. The maximum atomic E-state index is 5.73. The first-order valence-corrected chi connectivity index (χ1v) is 5.74.